The zero-order chi connectivity index (χ0) is 19.4. The Bertz CT molecular complexity index is 818. The number of carbonyl (C=O) groups excluding carboxylic acids is 2. The molecule has 2 aromatic rings. The van der Waals surface area contributed by atoms with Crippen molar-refractivity contribution in [2.24, 2.45) is 0 Å². The maximum Gasteiger partial charge on any atom is 0.312 e. The second-order valence-corrected chi connectivity index (χ2v) is 7.38. The number of piperazine rings is 1. The summed E-state index contributed by atoms with van der Waals surface area (Å²) in [4.78, 5) is 32.7. The summed E-state index contributed by atoms with van der Waals surface area (Å²) < 4.78 is 13.9. The minimum atomic E-state index is -0.617. The van der Waals surface area contributed by atoms with Gasteiger partial charge in [-0.05, 0) is 25.5 Å². The largest absolute Gasteiger partial charge is 0.366 e. The van der Waals surface area contributed by atoms with Gasteiger partial charge in [-0.1, -0.05) is 19.1 Å². The van der Waals surface area contributed by atoms with E-state index in [0.29, 0.717) is 38.3 Å². The maximum atomic E-state index is 13.9. The van der Waals surface area contributed by atoms with Crippen LogP contribution in [0.1, 0.15) is 30.1 Å². The van der Waals surface area contributed by atoms with Crippen LogP contribution in [0.15, 0.2) is 29.6 Å². The molecule has 27 heavy (non-hydrogen) atoms. The number of rotatable bonds is 4. The Hall–Kier alpha value is -2.48. The van der Waals surface area contributed by atoms with Gasteiger partial charge >= 0.3 is 11.8 Å². The monoisotopic (exact) mass is 390 g/mol. The molecule has 1 unspecified atom stereocenters. The molecule has 2 heterocycles. The Morgan fingerprint density at radius 1 is 1.26 bits per heavy atom. The van der Waals surface area contributed by atoms with Gasteiger partial charge in [-0.25, -0.2) is 9.37 Å². The van der Waals surface area contributed by atoms with Crippen molar-refractivity contribution in [1.29, 1.82) is 0 Å². The third kappa shape index (κ3) is 4.44. The summed E-state index contributed by atoms with van der Waals surface area (Å²) in [5, 5.41) is 5.52. The van der Waals surface area contributed by atoms with Crippen LogP contribution in [0.4, 0.5) is 10.1 Å². The van der Waals surface area contributed by atoms with Crippen LogP contribution in [0.5, 0.6) is 0 Å². The fourth-order valence-corrected chi connectivity index (χ4v) is 4.02. The third-order valence-electron chi connectivity index (χ3n) is 4.60. The van der Waals surface area contributed by atoms with E-state index in [1.54, 1.807) is 18.2 Å². The molecule has 1 saturated heterocycles. The van der Waals surface area contributed by atoms with E-state index in [4.69, 9.17) is 0 Å². The molecule has 1 atom stereocenters. The Balaban J connectivity index is 1.57. The van der Waals surface area contributed by atoms with E-state index in [9.17, 15) is 14.0 Å². The molecular formula is C19H23FN4O2S. The summed E-state index contributed by atoms with van der Waals surface area (Å²) in [6.45, 7) is 5.58. The second-order valence-electron chi connectivity index (χ2n) is 6.49. The summed E-state index contributed by atoms with van der Waals surface area (Å²) in [5.41, 5.74) is 1.43. The number of anilines is 1. The van der Waals surface area contributed by atoms with Crippen LogP contribution in [0.25, 0.3) is 0 Å². The minimum absolute atomic E-state index is 0.264. The SMILES string of the molecule is CCC(NC(=O)C(=O)N1CCN(c2ccccc2F)CC1)c1nc(C)cs1. The molecule has 144 valence electrons. The number of nitrogens with zero attached hydrogens (tertiary/aromatic N) is 3. The quantitative estimate of drug-likeness (QED) is 0.815. The number of aryl methyl sites for hydroxylation is 1. The molecule has 0 saturated carbocycles. The number of thiazole rings is 1. The molecule has 0 spiro atoms. The summed E-state index contributed by atoms with van der Waals surface area (Å²) in [7, 11) is 0. The van der Waals surface area contributed by atoms with Crippen LogP contribution in [-0.4, -0.2) is 47.9 Å². The molecule has 6 nitrogen and oxygen atoms in total. The smallest absolute Gasteiger partial charge is 0.312 e. The summed E-state index contributed by atoms with van der Waals surface area (Å²) in [5.74, 6) is -1.44. The molecule has 1 aromatic heterocycles. The maximum absolute atomic E-state index is 13.9. The molecule has 0 bridgehead atoms. The number of hydrogen-bond donors (Lipinski definition) is 1. The van der Waals surface area contributed by atoms with Crippen molar-refractivity contribution in [1.82, 2.24) is 15.2 Å². The van der Waals surface area contributed by atoms with Crippen LogP contribution in [0.2, 0.25) is 0 Å². The first kappa shape index (κ1) is 19.3. The average molecular weight is 390 g/mol. The van der Waals surface area contributed by atoms with Crippen molar-refractivity contribution in [3.63, 3.8) is 0 Å². The summed E-state index contributed by atoms with van der Waals surface area (Å²) in [6.07, 6.45) is 0.660. The van der Waals surface area contributed by atoms with Gasteiger partial charge in [-0.15, -0.1) is 11.3 Å². The minimum Gasteiger partial charge on any atom is -0.366 e. The average Bonchev–Trinajstić information content (AvgIpc) is 3.12. The Morgan fingerprint density at radius 2 is 1.96 bits per heavy atom. The van der Waals surface area contributed by atoms with Crippen LogP contribution >= 0.6 is 11.3 Å². The topological polar surface area (TPSA) is 65.5 Å². The van der Waals surface area contributed by atoms with Crippen LogP contribution in [0.3, 0.4) is 0 Å². The van der Waals surface area contributed by atoms with Gasteiger partial charge in [0.2, 0.25) is 0 Å². The van der Waals surface area contributed by atoms with E-state index in [1.807, 2.05) is 24.1 Å². The van der Waals surface area contributed by atoms with Gasteiger partial charge in [-0.2, -0.15) is 0 Å². The van der Waals surface area contributed by atoms with Crippen molar-refractivity contribution in [2.45, 2.75) is 26.3 Å². The number of aromatic nitrogens is 1. The van der Waals surface area contributed by atoms with Gasteiger partial charge in [0.05, 0.1) is 11.7 Å². The zero-order valence-corrected chi connectivity index (χ0v) is 16.3. The lowest BCUT2D eigenvalue weighted by Crippen LogP contribution is -2.53. The highest BCUT2D eigenvalue weighted by atomic mass is 32.1. The fraction of sp³-hybridized carbons (Fsp3) is 0.421. The highest BCUT2D eigenvalue weighted by Crippen LogP contribution is 2.22. The van der Waals surface area contributed by atoms with Gasteiger partial charge in [0.1, 0.15) is 10.8 Å². The summed E-state index contributed by atoms with van der Waals surface area (Å²) in [6, 6.07) is 6.32. The molecule has 1 fully saturated rings. The standard InChI is InChI=1S/C19H23FN4O2S/c1-3-15(18-21-13(2)12-27-18)22-17(25)19(26)24-10-8-23(9-11-24)16-7-5-4-6-14(16)20/h4-7,12,15H,3,8-11H2,1-2H3,(H,22,25). The first-order valence-electron chi connectivity index (χ1n) is 9.01. The predicted molar refractivity (Wildman–Crippen MR) is 103 cm³/mol. The highest BCUT2D eigenvalue weighted by molar-refractivity contribution is 7.09. The normalized spacial score (nSPS) is 15.5. The molecular weight excluding hydrogens is 367 g/mol. The number of amides is 2. The number of halogens is 1. The van der Waals surface area contributed by atoms with Crippen molar-refractivity contribution in [3.8, 4) is 0 Å². The zero-order valence-electron chi connectivity index (χ0n) is 15.4. The molecule has 1 aliphatic rings. The predicted octanol–water partition coefficient (Wildman–Crippen LogP) is 2.51. The van der Waals surface area contributed by atoms with Crippen molar-refractivity contribution in [2.75, 3.05) is 31.1 Å². The number of benzene rings is 1. The molecule has 1 N–H and O–H groups in total. The van der Waals surface area contributed by atoms with E-state index in [1.165, 1.54) is 22.3 Å². The number of carbonyl (C=O) groups is 2. The number of para-hydroxylation sites is 1. The van der Waals surface area contributed by atoms with Gasteiger partial charge in [-0.3, -0.25) is 9.59 Å². The molecule has 0 aliphatic carbocycles. The Kier molecular flexibility index (Phi) is 6.05. The van der Waals surface area contributed by atoms with Gasteiger partial charge < -0.3 is 15.1 Å². The first-order chi connectivity index (χ1) is 13.0. The van der Waals surface area contributed by atoms with Gasteiger partial charge in [0, 0.05) is 37.3 Å². The van der Waals surface area contributed by atoms with E-state index in [-0.39, 0.29) is 11.9 Å². The van der Waals surface area contributed by atoms with Crippen molar-refractivity contribution >= 4 is 28.8 Å². The van der Waals surface area contributed by atoms with Crippen LogP contribution in [-0.2, 0) is 9.59 Å². The third-order valence-corrected chi connectivity index (χ3v) is 5.68. The van der Waals surface area contributed by atoms with E-state index in [0.717, 1.165) is 10.7 Å². The van der Waals surface area contributed by atoms with Gasteiger partial charge in [0.25, 0.3) is 0 Å². The number of nitrogens with one attached hydrogen (secondary N) is 1. The lowest BCUT2D eigenvalue weighted by molar-refractivity contribution is -0.146. The first-order valence-corrected chi connectivity index (χ1v) is 9.88. The van der Waals surface area contributed by atoms with Crippen LogP contribution < -0.4 is 10.2 Å². The van der Waals surface area contributed by atoms with E-state index in [2.05, 4.69) is 10.3 Å². The highest BCUT2D eigenvalue weighted by Gasteiger charge is 2.28. The van der Waals surface area contributed by atoms with Crippen molar-refractivity contribution in [3.05, 3.63) is 46.2 Å². The molecule has 2 amide bonds. The van der Waals surface area contributed by atoms with E-state index >= 15 is 0 Å². The molecule has 1 aromatic carbocycles. The van der Waals surface area contributed by atoms with Crippen molar-refractivity contribution < 1.29 is 14.0 Å². The Morgan fingerprint density at radius 3 is 2.56 bits per heavy atom. The van der Waals surface area contributed by atoms with Gasteiger partial charge in [0.15, 0.2) is 0 Å². The molecule has 0 radical (unpaired) electrons. The second kappa shape index (κ2) is 8.47. The van der Waals surface area contributed by atoms with E-state index < -0.39 is 11.8 Å². The summed E-state index contributed by atoms with van der Waals surface area (Å²) >= 11 is 1.48. The molecule has 8 heteroatoms. The number of hydrogen-bond acceptors (Lipinski definition) is 5. The fourth-order valence-electron chi connectivity index (χ4n) is 3.09. The molecule has 1 aliphatic heterocycles. The lowest BCUT2D eigenvalue weighted by Gasteiger charge is -2.36. The molecule has 3 rings (SSSR count). The lowest BCUT2D eigenvalue weighted by atomic mass is 10.2. The van der Waals surface area contributed by atoms with Crippen LogP contribution in [0, 0.1) is 12.7 Å². The Labute approximate surface area is 162 Å².